The van der Waals surface area contributed by atoms with Crippen molar-refractivity contribution in [2.75, 3.05) is 20.4 Å². The van der Waals surface area contributed by atoms with Crippen molar-refractivity contribution in [3.8, 4) is 27.6 Å². The molecule has 5 aromatic rings. The van der Waals surface area contributed by atoms with Crippen molar-refractivity contribution < 1.29 is 13.7 Å². The third kappa shape index (κ3) is 4.54. The maximum absolute atomic E-state index is 13.7. The fraction of sp³-hybridized carbons (Fsp3) is 0.222. The first-order valence-corrected chi connectivity index (χ1v) is 15.4. The predicted molar refractivity (Wildman–Crippen MR) is 150 cm³/mol. The van der Waals surface area contributed by atoms with Gasteiger partial charge in [0, 0.05) is 11.1 Å². The Bertz CT molecular complexity index is 1860. The second-order valence-corrected chi connectivity index (χ2v) is 14.0. The van der Waals surface area contributed by atoms with Crippen molar-refractivity contribution in [1.29, 1.82) is 0 Å². The molecule has 0 bridgehead atoms. The zero-order valence-corrected chi connectivity index (χ0v) is 23.3. The van der Waals surface area contributed by atoms with E-state index in [0.717, 1.165) is 26.4 Å². The highest BCUT2D eigenvalue weighted by molar-refractivity contribution is 7.61. The smallest absolute Gasteiger partial charge is 0.337 e. The lowest BCUT2D eigenvalue weighted by atomic mass is 10.1. The topological polar surface area (TPSA) is 88.1 Å². The van der Waals surface area contributed by atoms with Crippen molar-refractivity contribution in [2.24, 2.45) is 0 Å². The van der Waals surface area contributed by atoms with E-state index in [4.69, 9.17) is 4.74 Å². The first-order valence-electron chi connectivity index (χ1n) is 11.8. The SMILES string of the molecule is COc1cc(-c2sc3c(c2C)c(=O)n(-c2ccc(F)cc2)c(=O)n3CP(C)(C)=O)ccc1-n1cnc(C)c1. The summed E-state index contributed by atoms with van der Waals surface area (Å²) in [5.74, 6) is 0.136. The highest BCUT2D eigenvalue weighted by Gasteiger charge is 2.24. The molecule has 0 spiro atoms. The minimum absolute atomic E-state index is 0.0363. The summed E-state index contributed by atoms with van der Waals surface area (Å²) in [4.78, 5) is 32.9. The fourth-order valence-electron chi connectivity index (χ4n) is 4.49. The summed E-state index contributed by atoms with van der Waals surface area (Å²) < 4.78 is 36.4. The minimum Gasteiger partial charge on any atom is -0.495 e. The molecule has 3 aromatic heterocycles. The summed E-state index contributed by atoms with van der Waals surface area (Å²) in [5.41, 5.74) is 2.30. The van der Waals surface area contributed by atoms with Gasteiger partial charge in [0.05, 0.1) is 42.2 Å². The van der Waals surface area contributed by atoms with E-state index < -0.39 is 24.2 Å². The van der Waals surface area contributed by atoms with Gasteiger partial charge in [0.25, 0.3) is 5.56 Å². The Balaban J connectivity index is 1.78. The third-order valence-corrected chi connectivity index (χ3v) is 8.54. The summed E-state index contributed by atoms with van der Waals surface area (Å²) in [7, 11) is -1.13. The van der Waals surface area contributed by atoms with Gasteiger partial charge in [-0.15, -0.1) is 11.3 Å². The van der Waals surface area contributed by atoms with Crippen LogP contribution in [0, 0.1) is 19.7 Å². The number of nitrogens with zero attached hydrogens (tertiary/aromatic N) is 4. The molecule has 0 aliphatic heterocycles. The van der Waals surface area contributed by atoms with Crippen LogP contribution in [0.1, 0.15) is 11.3 Å². The second-order valence-electron chi connectivity index (χ2n) is 9.59. The van der Waals surface area contributed by atoms with Gasteiger partial charge in [-0.1, -0.05) is 6.07 Å². The van der Waals surface area contributed by atoms with Gasteiger partial charge in [-0.3, -0.25) is 9.36 Å². The molecule has 2 aromatic carbocycles. The molecule has 0 amide bonds. The van der Waals surface area contributed by atoms with Crippen LogP contribution in [0.2, 0.25) is 0 Å². The van der Waals surface area contributed by atoms with Crippen LogP contribution >= 0.6 is 18.5 Å². The number of aromatic nitrogens is 4. The second kappa shape index (κ2) is 9.53. The molecule has 5 rings (SSSR count). The van der Waals surface area contributed by atoms with E-state index in [1.54, 1.807) is 26.8 Å². The van der Waals surface area contributed by atoms with E-state index in [1.165, 1.54) is 40.2 Å². The Kier molecular flexibility index (Phi) is 6.49. The van der Waals surface area contributed by atoms with Gasteiger partial charge in [0.15, 0.2) is 0 Å². The van der Waals surface area contributed by atoms with Gasteiger partial charge in [-0.05, 0) is 74.7 Å². The van der Waals surface area contributed by atoms with Gasteiger partial charge in [-0.2, -0.15) is 0 Å². The van der Waals surface area contributed by atoms with Crippen molar-refractivity contribution in [1.82, 2.24) is 18.7 Å². The first kappa shape index (κ1) is 25.9. The molecule has 0 unspecified atom stereocenters. The number of methoxy groups -OCH3 is 1. The number of ether oxygens (including phenoxy) is 1. The average Bonchev–Trinajstić information content (AvgIpc) is 3.45. The zero-order chi connectivity index (χ0) is 27.4. The predicted octanol–water partition coefficient (Wildman–Crippen LogP) is 5.41. The van der Waals surface area contributed by atoms with E-state index in [1.807, 2.05) is 42.8 Å². The number of benzene rings is 2. The average molecular weight is 553 g/mol. The fourth-order valence-corrected chi connectivity index (χ4v) is 6.82. The van der Waals surface area contributed by atoms with Crippen LogP contribution in [0.4, 0.5) is 4.39 Å². The van der Waals surface area contributed by atoms with Gasteiger partial charge in [0.1, 0.15) is 23.5 Å². The van der Waals surface area contributed by atoms with Crippen molar-refractivity contribution in [3.63, 3.8) is 0 Å². The lowest BCUT2D eigenvalue weighted by Crippen LogP contribution is -2.38. The summed E-state index contributed by atoms with van der Waals surface area (Å²) in [6, 6.07) is 10.9. The van der Waals surface area contributed by atoms with E-state index >= 15 is 0 Å². The van der Waals surface area contributed by atoms with Crippen LogP contribution in [0.25, 0.3) is 32.0 Å². The molecule has 0 aliphatic carbocycles. The van der Waals surface area contributed by atoms with Gasteiger partial charge in [0.2, 0.25) is 0 Å². The highest BCUT2D eigenvalue weighted by Crippen LogP contribution is 2.42. The third-order valence-electron chi connectivity index (χ3n) is 6.21. The molecule has 11 heteroatoms. The molecule has 8 nitrogen and oxygen atoms in total. The van der Waals surface area contributed by atoms with Crippen LogP contribution in [-0.2, 0) is 10.9 Å². The summed E-state index contributed by atoms with van der Waals surface area (Å²) in [6.07, 6.45) is 3.57. The van der Waals surface area contributed by atoms with E-state index in [2.05, 4.69) is 4.98 Å². The molecule has 38 heavy (non-hydrogen) atoms. The van der Waals surface area contributed by atoms with Crippen LogP contribution in [-0.4, -0.2) is 39.1 Å². The first-order chi connectivity index (χ1) is 18.0. The lowest BCUT2D eigenvalue weighted by Gasteiger charge is -2.14. The Morgan fingerprint density at radius 1 is 1.08 bits per heavy atom. The highest BCUT2D eigenvalue weighted by atomic mass is 32.1. The van der Waals surface area contributed by atoms with Gasteiger partial charge >= 0.3 is 5.69 Å². The molecule has 0 N–H and O–H groups in total. The summed E-state index contributed by atoms with van der Waals surface area (Å²) >= 11 is 1.30. The summed E-state index contributed by atoms with van der Waals surface area (Å²) in [5, 5.41) is 0.357. The standard InChI is InChI=1S/C27H26FN4O4PS/c1-16-13-30(14-29-16)21-11-6-18(12-22(21)36-3)24-17(2)23-25(33)32(20-9-7-19(28)8-10-20)27(34)31(26(23)38-24)15-37(4,5)35/h6-14H,15H2,1-5H3. The molecule has 196 valence electrons. The normalized spacial score (nSPS) is 11.8. The van der Waals surface area contributed by atoms with Crippen molar-refractivity contribution in [2.45, 2.75) is 20.1 Å². The Labute approximate surface area is 222 Å². The Hall–Kier alpha value is -3.75. The van der Waals surface area contributed by atoms with Crippen molar-refractivity contribution in [3.05, 3.63) is 92.9 Å². The number of hydrogen-bond donors (Lipinski definition) is 0. The largest absolute Gasteiger partial charge is 0.495 e. The van der Waals surface area contributed by atoms with Gasteiger partial charge < -0.3 is 13.9 Å². The Morgan fingerprint density at radius 3 is 2.39 bits per heavy atom. The molecule has 3 heterocycles. The summed E-state index contributed by atoms with van der Waals surface area (Å²) in [6.45, 7) is 6.93. The molecular formula is C27H26FN4O4PS. The Morgan fingerprint density at radius 2 is 1.79 bits per heavy atom. The van der Waals surface area contributed by atoms with E-state index in [-0.39, 0.29) is 12.0 Å². The van der Waals surface area contributed by atoms with Crippen LogP contribution in [0.15, 0.2) is 64.6 Å². The number of fused-ring (bicyclic) bond motifs is 1. The monoisotopic (exact) mass is 552 g/mol. The molecule has 0 fully saturated rings. The molecule has 0 atom stereocenters. The molecule has 0 aliphatic rings. The maximum atomic E-state index is 13.7. The quantitative estimate of drug-likeness (QED) is 0.263. The molecule has 0 saturated carbocycles. The van der Waals surface area contributed by atoms with E-state index in [0.29, 0.717) is 21.5 Å². The van der Waals surface area contributed by atoms with Crippen molar-refractivity contribution >= 4 is 28.7 Å². The number of thiophene rings is 1. The number of rotatable bonds is 6. The molecule has 0 radical (unpaired) electrons. The zero-order valence-electron chi connectivity index (χ0n) is 21.6. The minimum atomic E-state index is -2.72. The number of halogens is 1. The number of aryl methyl sites for hydroxylation is 2. The number of hydrogen-bond acceptors (Lipinski definition) is 6. The van der Waals surface area contributed by atoms with Gasteiger partial charge in [-0.25, -0.2) is 18.7 Å². The maximum Gasteiger partial charge on any atom is 0.337 e. The molecular weight excluding hydrogens is 526 g/mol. The number of imidazole rings is 1. The van der Waals surface area contributed by atoms with Crippen LogP contribution in [0.5, 0.6) is 5.75 Å². The van der Waals surface area contributed by atoms with Crippen LogP contribution in [0.3, 0.4) is 0 Å². The van der Waals surface area contributed by atoms with Crippen LogP contribution < -0.4 is 16.0 Å². The molecule has 0 saturated heterocycles. The van der Waals surface area contributed by atoms with E-state index in [9.17, 15) is 18.5 Å². The lowest BCUT2D eigenvalue weighted by molar-refractivity contribution is 0.413.